The first kappa shape index (κ1) is 27.0. The van der Waals surface area contributed by atoms with E-state index in [9.17, 15) is 14.7 Å². The van der Waals surface area contributed by atoms with Crippen LogP contribution < -0.4 is 11.1 Å². The molecule has 4 rings (SSSR count). The maximum atomic E-state index is 15.6. The Hall–Kier alpha value is -2.00. The summed E-state index contributed by atoms with van der Waals surface area (Å²) < 4.78 is 31.0. The monoisotopic (exact) mass is 541 g/mol. The maximum Gasteiger partial charge on any atom is 0.310 e. The predicted octanol–water partition coefficient (Wildman–Crippen LogP) is 4.36. The molecule has 3 aliphatic rings. The van der Waals surface area contributed by atoms with E-state index in [1.54, 1.807) is 12.2 Å². The van der Waals surface area contributed by atoms with Crippen LogP contribution in [0.1, 0.15) is 39.2 Å². The van der Waals surface area contributed by atoms with Crippen molar-refractivity contribution in [1.29, 1.82) is 0 Å². The maximum absolute atomic E-state index is 15.6. The van der Waals surface area contributed by atoms with Crippen molar-refractivity contribution in [3.8, 4) is 0 Å². The van der Waals surface area contributed by atoms with Crippen LogP contribution in [-0.2, 0) is 15.1 Å². The number of carbonyl (C=O) groups excluding carboxylic acids is 1. The molecule has 0 aromatic heterocycles. The molecule has 2 aliphatic heterocycles. The van der Waals surface area contributed by atoms with E-state index in [0.717, 1.165) is 6.07 Å². The van der Waals surface area contributed by atoms with Crippen LogP contribution in [0.2, 0.25) is 5.02 Å². The van der Waals surface area contributed by atoms with Crippen LogP contribution in [0, 0.1) is 23.1 Å². The third kappa shape index (κ3) is 4.80. The van der Waals surface area contributed by atoms with Gasteiger partial charge < -0.3 is 21.1 Å². The van der Waals surface area contributed by atoms with Gasteiger partial charge in [-0.1, -0.05) is 50.6 Å². The lowest BCUT2D eigenvalue weighted by Gasteiger charge is -2.42. The highest BCUT2D eigenvalue weighted by molar-refractivity contribution is 6.30. The van der Waals surface area contributed by atoms with E-state index in [4.69, 9.17) is 28.9 Å². The number of amides is 1. The number of carboxylic acid groups (broad SMARTS) is 1. The van der Waals surface area contributed by atoms with Gasteiger partial charge in [0.15, 0.2) is 0 Å². The van der Waals surface area contributed by atoms with Crippen LogP contribution >= 0.6 is 23.2 Å². The summed E-state index contributed by atoms with van der Waals surface area (Å²) in [6, 6.07) is 2.54. The van der Waals surface area contributed by atoms with Gasteiger partial charge in [0.1, 0.15) is 11.6 Å². The van der Waals surface area contributed by atoms with Crippen molar-refractivity contribution in [3.05, 3.63) is 58.2 Å². The molecule has 1 aromatic carbocycles. The first-order valence-corrected chi connectivity index (χ1v) is 12.8. The number of nitrogens with zero attached hydrogens (tertiary/aromatic N) is 1. The fourth-order valence-electron chi connectivity index (χ4n) is 5.57. The summed E-state index contributed by atoms with van der Waals surface area (Å²) in [5, 5.41) is 11.8. The van der Waals surface area contributed by atoms with E-state index in [2.05, 4.69) is 5.32 Å². The van der Waals surface area contributed by atoms with Gasteiger partial charge in [-0.15, -0.1) is 11.6 Å². The van der Waals surface area contributed by atoms with Crippen LogP contribution in [0.5, 0.6) is 0 Å². The zero-order chi connectivity index (χ0) is 26.6. The molecule has 0 radical (unpaired) electrons. The summed E-state index contributed by atoms with van der Waals surface area (Å²) in [5.74, 6) is -4.30. The Labute approximate surface area is 219 Å². The second kappa shape index (κ2) is 9.71. The fraction of sp³-hybridized carbons (Fsp3) is 0.538. The van der Waals surface area contributed by atoms with Crippen molar-refractivity contribution in [3.63, 3.8) is 0 Å². The molecule has 1 amide bonds. The Kier molecular flexibility index (Phi) is 7.29. The summed E-state index contributed by atoms with van der Waals surface area (Å²) in [4.78, 5) is 26.4. The van der Waals surface area contributed by atoms with Crippen LogP contribution in [0.4, 0.5) is 8.78 Å². The highest BCUT2D eigenvalue weighted by atomic mass is 35.5. The van der Waals surface area contributed by atoms with Gasteiger partial charge in [-0.05, 0) is 36.0 Å². The molecule has 2 saturated heterocycles. The zero-order valence-corrected chi connectivity index (χ0v) is 21.9. The van der Waals surface area contributed by atoms with E-state index in [-0.39, 0.29) is 41.1 Å². The Morgan fingerprint density at radius 2 is 1.94 bits per heavy atom. The molecule has 2 heterocycles. The van der Waals surface area contributed by atoms with Crippen molar-refractivity contribution in [2.24, 2.45) is 23.0 Å². The van der Waals surface area contributed by atoms with Crippen LogP contribution in [0.3, 0.4) is 0 Å². The van der Waals surface area contributed by atoms with Crippen molar-refractivity contribution in [1.82, 2.24) is 10.2 Å². The van der Waals surface area contributed by atoms with Gasteiger partial charge in [0.05, 0.1) is 22.9 Å². The van der Waals surface area contributed by atoms with Gasteiger partial charge in [-0.25, -0.2) is 8.78 Å². The Morgan fingerprint density at radius 3 is 2.53 bits per heavy atom. The quantitative estimate of drug-likeness (QED) is 0.481. The SMILES string of the molecule is CC(C)(C)CC1NC(C(=O)N2CC(C(=O)O)C2)C(C2=C(F)C(Cl)CC=C2)C1(N)c1ccc(Cl)cc1F. The number of nitrogens with one attached hydrogen (secondary N) is 1. The molecule has 36 heavy (non-hydrogen) atoms. The largest absolute Gasteiger partial charge is 0.481 e. The minimum Gasteiger partial charge on any atom is -0.481 e. The summed E-state index contributed by atoms with van der Waals surface area (Å²) in [7, 11) is 0. The van der Waals surface area contributed by atoms with Crippen molar-refractivity contribution in [2.45, 2.75) is 56.6 Å². The minimum absolute atomic E-state index is 0.0470. The van der Waals surface area contributed by atoms with E-state index in [0.29, 0.717) is 6.42 Å². The van der Waals surface area contributed by atoms with Gasteiger partial charge in [0.2, 0.25) is 5.91 Å². The molecule has 0 spiro atoms. The van der Waals surface area contributed by atoms with Gasteiger partial charge >= 0.3 is 5.97 Å². The lowest BCUT2D eigenvalue weighted by atomic mass is 9.67. The number of nitrogens with two attached hydrogens (primary N) is 1. The van der Waals surface area contributed by atoms with E-state index >= 15 is 8.78 Å². The number of aliphatic carboxylic acids is 1. The molecular weight excluding hydrogens is 511 g/mol. The molecule has 0 saturated carbocycles. The van der Waals surface area contributed by atoms with Crippen LogP contribution in [0.25, 0.3) is 0 Å². The minimum atomic E-state index is -1.54. The average molecular weight is 542 g/mol. The lowest BCUT2D eigenvalue weighted by Crippen LogP contribution is -2.59. The number of carbonyl (C=O) groups is 2. The van der Waals surface area contributed by atoms with E-state index < -0.39 is 58.4 Å². The molecule has 4 N–H and O–H groups in total. The number of halogens is 4. The number of allylic oxidation sites excluding steroid dienone is 3. The third-order valence-corrected chi connectivity index (χ3v) is 7.96. The first-order valence-electron chi connectivity index (χ1n) is 12.0. The molecule has 2 fully saturated rings. The molecule has 0 bridgehead atoms. The molecule has 5 unspecified atom stereocenters. The van der Waals surface area contributed by atoms with Crippen LogP contribution in [-0.4, -0.2) is 52.4 Å². The number of carboxylic acids is 1. The molecular formula is C26H31Cl2F2N3O3. The molecule has 1 aromatic rings. The zero-order valence-electron chi connectivity index (χ0n) is 20.4. The first-order chi connectivity index (χ1) is 16.7. The lowest BCUT2D eigenvalue weighted by molar-refractivity contribution is -0.153. The number of alkyl halides is 1. The van der Waals surface area contributed by atoms with Crippen molar-refractivity contribution < 1.29 is 23.5 Å². The topological polar surface area (TPSA) is 95.7 Å². The molecule has 1 aliphatic carbocycles. The highest BCUT2D eigenvalue weighted by Gasteiger charge is 2.60. The van der Waals surface area contributed by atoms with Gasteiger partial charge in [0.25, 0.3) is 0 Å². The van der Waals surface area contributed by atoms with Gasteiger partial charge in [-0.2, -0.15) is 0 Å². The summed E-state index contributed by atoms with van der Waals surface area (Å²) in [6.07, 6.45) is 4.02. The highest BCUT2D eigenvalue weighted by Crippen LogP contribution is 2.49. The molecule has 10 heteroatoms. The third-order valence-electron chi connectivity index (χ3n) is 7.35. The summed E-state index contributed by atoms with van der Waals surface area (Å²) >= 11 is 12.3. The number of hydrogen-bond donors (Lipinski definition) is 3. The average Bonchev–Trinajstić information content (AvgIpc) is 3.00. The van der Waals surface area contributed by atoms with Crippen molar-refractivity contribution in [2.75, 3.05) is 13.1 Å². The van der Waals surface area contributed by atoms with E-state index in [1.165, 1.54) is 17.0 Å². The summed E-state index contributed by atoms with van der Waals surface area (Å²) in [6.45, 7) is 6.09. The van der Waals surface area contributed by atoms with Gasteiger partial charge in [-0.3, -0.25) is 9.59 Å². The number of likely N-dealkylation sites (tertiary alicyclic amines) is 1. The Bertz CT molecular complexity index is 1130. The van der Waals surface area contributed by atoms with Crippen LogP contribution in [0.15, 0.2) is 41.8 Å². The number of rotatable bonds is 5. The van der Waals surface area contributed by atoms with Gasteiger partial charge in [0, 0.05) is 35.6 Å². The second-order valence-corrected chi connectivity index (χ2v) is 12.1. The smallest absolute Gasteiger partial charge is 0.310 e. The number of benzene rings is 1. The second-order valence-electron chi connectivity index (χ2n) is 11.2. The molecule has 6 nitrogen and oxygen atoms in total. The summed E-state index contributed by atoms with van der Waals surface area (Å²) in [5.41, 5.74) is 5.59. The fourth-order valence-corrected chi connectivity index (χ4v) is 5.96. The Balaban J connectivity index is 1.87. The molecule has 5 atom stereocenters. The Morgan fingerprint density at radius 1 is 1.28 bits per heavy atom. The van der Waals surface area contributed by atoms with Crippen molar-refractivity contribution >= 4 is 35.1 Å². The van der Waals surface area contributed by atoms with E-state index in [1.807, 2.05) is 20.8 Å². The normalized spacial score (nSPS) is 31.1. The standard InChI is InChI=1S/C26H31Cl2F2N3O3/c1-25(2,3)10-19-26(31,16-8-7-14(27)9-18(16)29)20(15-5-4-6-17(28)21(15)30)22(32-19)23(34)33-11-13(12-33)24(35)36/h4-5,7-9,13,17,19-20,22,32H,6,10-12,31H2,1-3H3,(H,35,36). The predicted molar refractivity (Wildman–Crippen MR) is 135 cm³/mol. The molecule has 196 valence electrons. The number of hydrogen-bond acceptors (Lipinski definition) is 4.